The highest BCUT2D eigenvalue weighted by Gasteiger charge is 2.54. The Morgan fingerprint density at radius 1 is 1.11 bits per heavy atom. The number of halogens is 3. The summed E-state index contributed by atoms with van der Waals surface area (Å²) in [6.07, 6.45) is 2.71. The van der Waals surface area contributed by atoms with Gasteiger partial charge in [-0.3, -0.25) is 23.9 Å². The lowest BCUT2D eigenvalue weighted by atomic mass is 9.87. The Hall–Kier alpha value is -5.13. The summed E-state index contributed by atoms with van der Waals surface area (Å²) in [7, 11) is 1.41. The van der Waals surface area contributed by atoms with Gasteiger partial charge in [-0.1, -0.05) is 26.5 Å². The van der Waals surface area contributed by atoms with Gasteiger partial charge in [-0.2, -0.15) is 0 Å². The molecule has 2 aromatic heterocycles. The SMILES string of the molecule is C=CC(=O)N1CC2(C)C(=O)N(C)c3c(c4cc(F)c(-c5c(O)cccc5F)c(F)c4n(-c4c(C)ccnc4C(C)C)c3=O)N2CC1C. The van der Waals surface area contributed by atoms with Crippen LogP contribution in [0.3, 0.4) is 0 Å². The predicted octanol–water partition coefficient (Wildman–Crippen LogP) is 5.57. The molecule has 47 heavy (non-hydrogen) atoms. The summed E-state index contributed by atoms with van der Waals surface area (Å²) < 4.78 is 49.8. The number of aromatic hydroxyl groups is 1. The molecule has 1 N–H and O–H groups in total. The highest BCUT2D eigenvalue weighted by atomic mass is 19.1. The summed E-state index contributed by atoms with van der Waals surface area (Å²) in [5.41, 5.74) is -2.95. The number of rotatable bonds is 4. The molecule has 0 bridgehead atoms. The van der Waals surface area contributed by atoms with E-state index < -0.39 is 57.4 Å². The average molecular weight is 646 g/mol. The van der Waals surface area contributed by atoms with Crippen LogP contribution in [0.4, 0.5) is 24.5 Å². The van der Waals surface area contributed by atoms with Gasteiger partial charge in [-0.05, 0) is 62.6 Å². The number of fused-ring (bicyclic) bond motifs is 5. The topological polar surface area (TPSA) is 99.0 Å². The first-order valence-electron chi connectivity index (χ1n) is 15.2. The zero-order chi connectivity index (χ0) is 34.3. The standard InChI is InChI=1S/C35H34F3N5O4/c1-8-24(45)41-16-35(6)34(47)40(7)32-31(42(35)15-19(41)5)20-14-22(37)26(25-21(36)10-9-11-23(25)44)27(38)30(20)43(33(32)46)29-18(4)12-13-39-28(29)17(2)3/h8-14,17,19,44H,1,15-16H2,2-7H3. The van der Waals surface area contributed by atoms with Gasteiger partial charge in [0, 0.05) is 31.2 Å². The third-order valence-electron chi connectivity index (χ3n) is 9.35. The highest BCUT2D eigenvalue weighted by molar-refractivity contribution is 6.14. The number of phenols is 1. The van der Waals surface area contributed by atoms with Crippen LogP contribution in [0.15, 0.2) is 54.0 Å². The van der Waals surface area contributed by atoms with Crippen molar-refractivity contribution in [1.29, 1.82) is 0 Å². The van der Waals surface area contributed by atoms with E-state index in [1.165, 1.54) is 22.9 Å². The molecule has 1 fully saturated rings. The molecule has 2 aromatic carbocycles. The first-order valence-corrected chi connectivity index (χ1v) is 15.2. The molecule has 2 unspecified atom stereocenters. The summed E-state index contributed by atoms with van der Waals surface area (Å²) in [6, 6.07) is 5.46. The van der Waals surface area contributed by atoms with E-state index in [9.17, 15) is 19.5 Å². The Balaban J connectivity index is 1.82. The van der Waals surface area contributed by atoms with Crippen LogP contribution in [0.2, 0.25) is 0 Å². The number of likely N-dealkylation sites (N-methyl/N-ethyl adjacent to an activating group) is 1. The van der Waals surface area contributed by atoms with Crippen LogP contribution < -0.4 is 15.4 Å². The Bertz CT molecular complexity index is 2070. The van der Waals surface area contributed by atoms with Gasteiger partial charge in [-0.25, -0.2) is 13.2 Å². The van der Waals surface area contributed by atoms with Gasteiger partial charge in [0.25, 0.3) is 11.5 Å². The quantitative estimate of drug-likeness (QED) is 0.292. The molecule has 2 aliphatic rings. The second-order valence-corrected chi connectivity index (χ2v) is 12.7. The van der Waals surface area contributed by atoms with E-state index in [4.69, 9.17) is 0 Å². The van der Waals surface area contributed by atoms with Crippen LogP contribution in [0.1, 0.15) is 44.9 Å². The molecule has 0 aliphatic carbocycles. The number of benzene rings is 2. The molecule has 244 valence electrons. The predicted molar refractivity (Wildman–Crippen MR) is 174 cm³/mol. The first-order chi connectivity index (χ1) is 22.1. The van der Waals surface area contributed by atoms with Gasteiger partial charge in [0.1, 0.15) is 28.6 Å². The van der Waals surface area contributed by atoms with E-state index in [1.807, 2.05) is 13.8 Å². The van der Waals surface area contributed by atoms with Crippen molar-refractivity contribution in [3.63, 3.8) is 0 Å². The summed E-state index contributed by atoms with van der Waals surface area (Å²) in [5.74, 6) is -5.37. The largest absolute Gasteiger partial charge is 0.507 e. The first kappa shape index (κ1) is 31.8. The van der Waals surface area contributed by atoms with Gasteiger partial charge in [0.05, 0.1) is 40.3 Å². The van der Waals surface area contributed by atoms with Gasteiger partial charge < -0.3 is 19.8 Å². The third-order valence-corrected chi connectivity index (χ3v) is 9.35. The van der Waals surface area contributed by atoms with Gasteiger partial charge >= 0.3 is 0 Å². The maximum atomic E-state index is 17.3. The molecule has 4 aromatic rings. The van der Waals surface area contributed by atoms with Crippen LogP contribution in [-0.2, 0) is 9.59 Å². The van der Waals surface area contributed by atoms with Crippen molar-refractivity contribution < 1.29 is 27.9 Å². The van der Waals surface area contributed by atoms with E-state index in [1.54, 1.807) is 37.9 Å². The van der Waals surface area contributed by atoms with Crippen LogP contribution in [0.5, 0.6) is 5.75 Å². The van der Waals surface area contributed by atoms with E-state index >= 15 is 13.2 Å². The number of aromatic nitrogens is 2. The van der Waals surface area contributed by atoms with E-state index in [2.05, 4.69) is 11.6 Å². The fourth-order valence-corrected chi connectivity index (χ4v) is 7.04. The number of pyridine rings is 2. The number of aryl methyl sites for hydroxylation is 1. The number of nitrogens with zero attached hydrogens (tertiary/aromatic N) is 5. The molecule has 2 amide bonds. The number of carbonyl (C=O) groups excluding carboxylic acids is 2. The highest BCUT2D eigenvalue weighted by Crippen LogP contribution is 2.48. The molecule has 9 nitrogen and oxygen atoms in total. The number of hydrogen-bond acceptors (Lipinski definition) is 6. The maximum absolute atomic E-state index is 17.3. The summed E-state index contributed by atoms with van der Waals surface area (Å²) in [6.45, 7) is 12.3. The molecule has 0 spiro atoms. The van der Waals surface area contributed by atoms with E-state index in [-0.39, 0.29) is 52.9 Å². The van der Waals surface area contributed by atoms with Crippen molar-refractivity contribution in [2.75, 3.05) is 29.9 Å². The maximum Gasteiger partial charge on any atom is 0.281 e. The minimum atomic E-state index is -1.43. The summed E-state index contributed by atoms with van der Waals surface area (Å²) >= 11 is 0. The monoisotopic (exact) mass is 645 g/mol. The Labute approximate surface area is 269 Å². The van der Waals surface area contributed by atoms with Crippen LogP contribution in [0.25, 0.3) is 27.7 Å². The Morgan fingerprint density at radius 2 is 1.81 bits per heavy atom. The lowest BCUT2D eigenvalue weighted by molar-refractivity contribution is -0.133. The molecule has 1 saturated heterocycles. The number of piperazine rings is 1. The second-order valence-electron chi connectivity index (χ2n) is 12.7. The molecule has 2 atom stereocenters. The van der Waals surface area contributed by atoms with Crippen molar-refractivity contribution in [1.82, 2.24) is 14.5 Å². The fraction of sp³-hybridized carbons (Fsp3) is 0.314. The minimum absolute atomic E-state index is 0.0451. The zero-order valence-electron chi connectivity index (χ0n) is 26.9. The van der Waals surface area contributed by atoms with Crippen molar-refractivity contribution >= 4 is 34.1 Å². The van der Waals surface area contributed by atoms with E-state index in [0.717, 1.165) is 28.8 Å². The molecular formula is C35H34F3N5O4. The number of amides is 2. The fourth-order valence-electron chi connectivity index (χ4n) is 7.04. The summed E-state index contributed by atoms with van der Waals surface area (Å²) in [4.78, 5) is 50.6. The minimum Gasteiger partial charge on any atom is -0.507 e. The Morgan fingerprint density at radius 3 is 2.45 bits per heavy atom. The van der Waals surface area contributed by atoms with Crippen molar-refractivity contribution in [2.24, 2.45) is 0 Å². The zero-order valence-corrected chi connectivity index (χ0v) is 26.9. The molecule has 2 aliphatic heterocycles. The average Bonchev–Trinajstić information content (AvgIpc) is 3.01. The van der Waals surface area contributed by atoms with Gasteiger partial charge in [0.15, 0.2) is 5.82 Å². The molecule has 12 heteroatoms. The molecule has 0 saturated carbocycles. The third kappa shape index (κ3) is 4.44. The number of phenolic OH excluding ortho intramolecular Hbond substituents is 1. The van der Waals surface area contributed by atoms with Crippen LogP contribution in [0, 0.1) is 24.4 Å². The van der Waals surface area contributed by atoms with Crippen molar-refractivity contribution in [3.05, 3.63) is 88.2 Å². The molecular weight excluding hydrogens is 611 g/mol. The molecule has 4 heterocycles. The number of hydrogen-bond donors (Lipinski definition) is 1. The second kappa shape index (κ2) is 11.0. The molecule has 0 radical (unpaired) electrons. The van der Waals surface area contributed by atoms with Crippen LogP contribution >= 0.6 is 0 Å². The van der Waals surface area contributed by atoms with Gasteiger partial charge in [0.2, 0.25) is 5.91 Å². The van der Waals surface area contributed by atoms with E-state index in [0.29, 0.717) is 11.3 Å². The molecule has 6 rings (SSSR count). The van der Waals surface area contributed by atoms with Gasteiger partial charge in [-0.15, -0.1) is 0 Å². The normalized spacial score (nSPS) is 19.3. The summed E-state index contributed by atoms with van der Waals surface area (Å²) in [5, 5.41) is 10.5. The van der Waals surface area contributed by atoms with Crippen LogP contribution in [-0.4, -0.2) is 63.1 Å². The number of anilines is 2. The lowest BCUT2D eigenvalue weighted by Crippen LogP contribution is -2.73. The lowest BCUT2D eigenvalue weighted by Gasteiger charge is -2.55. The smallest absolute Gasteiger partial charge is 0.281 e. The van der Waals surface area contributed by atoms with Crippen molar-refractivity contribution in [2.45, 2.75) is 52.1 Å². The van der Waals surface area contributed by atoms with Crippen molar-refractivity contribution in [3.8, 4) is 22.6 Å². The number of carbonyl (C=O) groups is 2. The Kier molecular flexibility index (Phi) is 7.45.